The third-order valence-electron chi connectivity index (χ3n) is 6.36. The van der Waals surface area contributed by atoms with E-state index in [0.29, 0.717) is 17.0 Å². The first-order valence-electron chi connectivity index (χ1n) is 11.7. The lowest BCUT2D eigenvalue weighted by molar-refractivity contribution is -0.277. The summed E-state index contributed by atoms with van der Waals surface area (Å²) >= 11 is 0. The van der Waals surface area contributed by atoms with Crippen molar-refractivity contribution in [2.75, 3.05) is 18.7 Å². The molecule has 0 aliphatic carbocycles. The van der Waals surface area contributed by atoms with E-state index in [4.69, 9.17) is 35.8 Å². The summed E-state index contributed by atoms with van der Waals surface area (Å²) in [6, 6.07) is 12.8. The van der Waals surface area contributed by atoms with Gasteiger partial charge in [0.25, 0.3) is 0 Å². The summed E-state index contributed by atoms with van der Waals surface area (Å²) in [5, 5.41) is 51.2. The number of carbonyl (C=O) groups excluding carboxylic acids is 1. The number of amidine groups is 1. The van der Waals surface area contributed by atoms with Crippen LogP contribution in [0.3, 0.4) is 0 Å². The second-order valence-corrected chi connectivity index (χ2v) is 8.89. The zero-order chi connectivity index (χ0) is 27.4. The Morgan fingerprint density at radius 3 is 2.53 bits per heavy atom. The average Bonchev–Trinajstić information content (AvgIpc) is 3.42. The summed E-state index contributed by atoms with van der Waals surface area (Å²) < 4.78 is 22.1. The van der Waals surface area contributed by atoms with E-state index in [2.05, 4.69) is 5.32 Å². The van der Waals surface area contributed by atoms with Crippen molar-refractivity contribution in [2.24, 2.45) is 11.5 Å². The van der Waals surface area contributed by atoms with E-state index in [1.54, 1.807) is 42.5 Å². The number of hydrogen-bond donors (Lipinski definition) is 8. The molecule has 4 rings (SSSR count). The number of aliphatic hydroxyl groups is 4. The highest BCUT2D eigenvalue weighted by atomic mass is 16.7. The first-order valence-corrected chi connectivity index (χ1v) is 11.7. The zero-order valence-electron chi connectivity index (χ0n) is 20.2. The molecule has 1 fully saturated rings. The number of amides is 1. The number of benzene rings is 2. The topological polar surface area (TPSA) is 223 Å². The van der Waals surface area contributed by atoms with Crippen LogP contribution in [0.5, 0.6) is 5.75 Å². The molecule has 0 saturated carbocycles. The summed E-state index contributed by atoms with van der Waals surface area (Å²) in [6.07, 6.45) is -6.40. The number of ether oxygens (including phenoxy) is 4. The van der Waals surface area contributed by atoms with Gasteiger partial charge in [-0.15, -0.1) is 0 Å². The number of para-hydroxylation sites is 1. The van der Waals surface area contributed by atoms with E-state index in [1.807, 2.05) is 0 Å². The van der Waals surface area contributed by atoms with Crippen LogP contribution < -0.4 is 21.5 Å². The Bertz CT molecular complexity index is 1210. The van der Waals surface area contributed by atoms with Crippen molar-refractivity contribution in [1.82, 2.24) is 0 Å². The largest absolute Gasteiger partial charge is 0.462 e. The summed E-state index contributed by atoms with van der Waals surface area (Å²) in [6.45, 7) is -0.690. The highest BCUT2D eigenvalue weighted by Gasteiger charge is 2.47. The van der Waals surface area contributed by atoms with Gasteiger partial charge in [-0.05, 0) is 18.2 Å². The van der Waals surface area contributed by atoms with E-state index in [1.165, 1.54) is 12.3 Å². The third kappa shape index (κ3) is 5.37. The Kier molecular flexibility index (Phi) is 8.04. The average molecular weight is 531 g/mol. The van der Waals surface area contributed by atoms with Crippen molar-refractivity contribution >= 4 is 17.4 Å². The highest BCUT2D eigenvalue weighted by molar-refractivity contribution is 5.96. The summed E-state index contributed by atoms with van der Waals surface area (Å²) in [5.41, 5.74) is 10.9. The SMILES string of the molecule is N=C(N)c1cccc(NC(CC2=COCO2)(C(N)=O)c2ccccc2OC2OC(CO)C(O)C(O)C2O)c1. The summed E-state index contributed by atoms with van der Waals surface area (Å²) in [5.74, 6) is -0.654. The number of rotatable bonds is 10. The van der Waals surface area contributed by atoms with E-state index < -0.39 is 48.8 Å². The minimum absolute atomic E-state index is 0.0466. The van der Waals surface area contributed by atoms with Crippen molar-refractivity contribution < 1.29 is 44.2 Å². The summed E-state index contributed by atoms with van der Waals surface area (Å²) in [4.78, 5) is 13.3. The van der Waals surface area contributed by atoms with Gasteiger partial charge in [0.05, 0.1) is 6.61 Å². The van der Waals surface area contributed by atoms with Gasteiger partial charge in [-0.1, -0.05) is 30.3 Å². The maximum absolute atomic E-state index is 13.3. The molecular weight excluding hydrogens is 500 g/mol. The monoisotopic (exact) mass is 530 g/mol. The fourth-order valence-electron chi connectivity index (χ4n) is 4.34. The number of nitrogens with two attached hydrogens (primary N) is 2. The molecule has 1 amide bonds. The van der Waals surface area contributed by atoms with E-state index in [0.717, 1.165) is 0 Å². The Labute approximate surface area is 217 Å². The van der Waals surface area contributed by atoms with Gasteiger partial charge >= 0.3 is 0 Å². The molecule has 10 N–H and O–H groups in total. The van der Waals surface area contributed by atoms with Gasteiger partial charge in [-0.3, -0.25) is 10.2 Å². The Hall–Kier alpha value is -3.88. The molecule has 0 spiro atoms. The van der Waals surface area contributed by atoms with Crippen LogP contribution in [0.15, 0.2) is 60.6 Å². The van der Waals surface area contributed by atoms with Crippen molar-refractivity contribution in [3.05, 3.63) is 71.7 Å². The smallest absolute Gasteiger partial charge is 0.248 e. The second-order valence-electron chi connectivity index (χ2n) is 8.89. The molecule has 6 unspecified atom stereocenters. The van der Waals surface area contributed by atoms with Gasteiger partial charge in [0.1, 0.15) is 48.0 Å². The van der Waals surface area contributed by atoms with Crippen LogP contribution in [0.25, 0.3) is 0 Å². The maximum Gasteiger partial charge on any atom is 0.248 e. The molecular formula is C25H30N4O9. The molecule has 6 atom stereocenters. The van der Waals surface area contributed by atoms with Crippen LogP contribution in [0.1, 0.15) is 17.5 Å². The fraction of sp³-hybridized carbons (Fsp3) is 0.360. The molecule has 13 heteroatoms. The lowest BCUT2D eigenvalue weighted by Crippen LogP contribution is -2.60. The zero-order valence-corrected chi connectivity index (χ0v) is 20.2. The normalized spacial score (nSPS) is 26.3. The minimum Gasteiger partial charge on any atom is -0.462 e. The van der Waals surface area contributed by atoms with Gasteiger partial charge in [0.2, 0.25) is 19.0 Å². The highest BCUT2D eigenvalue weighted by Crippen LogP contribution is 2.40. The number of primary amides is 1. The Morgan fingerprint density at radius 2 is 1.87 bits per heavy atom. The first-order chi connectivity index (χ1) is 18.2. The molecule has 1 saturated heterocycles. The molecule has 2 aliphatic rings. The number of nitrogens with one attached hydrogen (secondary N) is 2. The molecule has 204 valence electrons. The molecule has 2 heterocycles. The van der Waals surface area contributed by atoms with Crippen LogP contribution in [-0.2, 0) is 24.5 Å². The number of anilines is 1. The van der Waals surface area contributed by atoms with Crippen molar-refractivity contribution in [3.63, 3.8) is 0 Å². The minimum atomic E-state index is -1.72. The van der Waals surface area contributed by atoms with Gasteiger partial charge in [0.15, 0.2) is 5.54 Å². The van der Waals surface area contributed by atoms with Crippen LogP contribution >= 0.6 is 0 Å². The molecule has 13 nitrogen and oxygen atoms in total. The van der Waals surface area contributed by atoms with Gasteiger partial charge < -0.3 is 56.2 Å². The third-order valence-corrected chi connectivity index (χ3v) is 6.36. The predicted octanol–water partition coefficient (Wildman–Crippen LogP) is -0.822. The molecule has 2 aromatic rings. The van der Waals surface area contributed by atoms with Crippen LogP contribution in [0.4, 0.5) is 5.69 Å². The first kappa shape index (κ1) is 27.2. The van der Waals surface area contributed by atoms with E-state index in [-0.39, 0.29) is 30.4 Å². The van der Waals surface area contributed by atoms with Gasteiger partial charge in [0, 0.05) is 23.2 Å². The number of hydrogen-bond acceptors (Lipinski definition) is 11. The molecule has 0 bridgehead atoms. The lowest BCUT2D eigenvalue weighted by Gasteiger charge is -2.40. The van der Waals surface area contributed by atoms with Gasteiger partial charge in [-0.2, -0.15) is 0 Å². The molecule has 0 aromatic heterocycles. The Balaban J connectivity index is 1.78. The summed E-state index contributed by atoms with van der Waals surface area (Å²) in [7, 11) is 0. The second kappa shape index (κ2) is 11.2. The van der Waals surface area contributed by atoms with Crippen molar-refractivity contribution in [3.8, 4) is 5.75 Å². The molecule has 2 aromatic carbocycles. The van der Waals surface area contributed by atoms with Crippen molar-refractivity contribution in [2.45, 2.75) is 42.7 Å². The quantitative estimate of drug-likeness (QED) is 0.140. The number of carbonyl (C=O) groups is 1. The molecule has 38 heavy (non-hydrogen) atoms. The van der Waals surface area contributed by atoms with Crippen LogP contribution in [0, 0.1) is 5.41 Å². The maximum atomic E-state index is 13.3. The van der Waals surface area contributed by atoms with E-state index >= 15 is 0 Å². The standard InChI is InChI=1S/C25H30N4O9/c26-22(27)13-4-3-5-14(8-13)29-25(24(28)34,9-15-11-35-12-36-15)16-6-1-2-7-17(16)37-23-21(33)20(32)19(31)18(10-30)38-23/h1-8,11,18-21,23,29-33H,9-10,12H2,(H3,26,27)(H2,28,34). The number of aliphatic hydroxyl groups excluding tert-OH is 4. The lowest BCUT2D eigenvalue weighted by atomic mass is 9.83. The van der Waals surface area contributed by atoms with E-state index in [9.17, 15) is 25.2 Å². The van der Waals surface area contributed by atoms with Crippen LogP contribution in [0.2, 0.25) is 0 Å². The number of nitrogen functional groups attached to an aromatic ring is 1. The predicted molar refractivity (Wildman–Crippen MR) is 133 cm³/mol. The Morgan fingerprint density at radius 1 is 1.11 bits per heavy atom. The van der Waals surface area contributed by atoms with Crippen LogP contribution in [-0.4, -0.2) is 76.3 Å². The van der Waals surface area contributed by atoms with Crippen molar-refractivity contribution in [1.29, 1.82) is 5.41 Å². The molecule has 0 radical (unpaired) electrons. The van der Waals surface area contributed by atoms with Gasteiger partial charge in [-0.25, -0.2) is 0 Å². The fourth-order valence-corrected chi connectivity index (χ4v) is 4.34. The molecule has 2 aliphatic heterocycles.